The number of methoxy groups -OCH3 is 2. The van der Waals surface area contributed by atoms with Gasteiger partial charge in [0.25, 0.3) is 11.8 Å². The Bertz CT molecular complexity index is 2400. The van der Waals surface area contributed by atoms with Gasteiger partial charge in [-0.3, -0.25) is 48.1 Å². The quantitative estimate of drug-likeness (QED) is 0.0213. The Morgan fingerprint density at radius 3 is 1.99 bits per heavy atom. The molecule has 11 atom stereocenters. The number of amides is 7. The molecule has 5 N–H and O–H groups in total. The van der Waals surface area contributed by atoms with Crippen molar-refractivity contribution in [3.05, 3.63) is 45.7 Å². The van der Waals surface area contributed by atoms with E-state index >= 15 is 0 Å². The van der Waals surface area contributed by atoms with E-state index in [1.807, 2.05) is 33.8 Å². The van der Waals surface area contributed by atoms with Crippen molar-refractivity contribution in [2.24, 2.45) is 23.7 Å². The van der Waals surface area contributed by atoms with Gasteiger partial charge in [0.1, 0.15) is 33.7 Å². The molecule has 0 unspecified atom stereocenters. The van der Waals surface area contributed by atoms with E-state index in [0.29, 0.717) is 56.8 Å². The van der Waals surface area contributed by atoms with Gasteiger partial charge >= 0.3 is 5.97 Å². The largest absolute Gasteiger partial charge is 0.480 e. The second-order valence-electron chi connectivity index (χ2n) is 21.8. The third-order valence-electron chi connectivity index (χ3n) is 15.4. The molecule has 2 aliphatic heterocycles. The highest BCUT2D eigenvalue weighted by Crippen LogP contribution is 2.37. The number of hydrogen-bond donors (Lipinski definition) is 7. The number of carbonyl (C=O) groups excluding carboxylic acids is 9. The molecule has 1 fully saturated rings. The molecule has 0 saturated carbocycles. The number of ketones is 1. The normalized spacial score (nSPS) is 18.3. The fraction of sp³-hybridized carbons (Fsp3) is 0.684. The van der Waals surface area contributed by atoms with E-state index in [4.69, 9.17) is 9.47 Å². The number of thioether (sulfide) groups is 1. The molecular formula is C57H90N8O13S4. The van der Waals surface area contributed by atoms with Crippen molar-refractivity contribution in [3.8, 4) is 0 Å². The zero-order chi connectivity index (χ0) is 61.7. The van der Waals surface area contributed by atoms with Crippen LogP contribution in [0.1, 0.15) is 112 Å². The molecule has 460 valence electrons. The average Bonchev–Trinajstić information content (AvgIpc) is 4.23. The van der Waals surface area contributed by atoms with E-state index in [1.54, 1.807) is 76.0 Å². The Morgan fingerprint density at radius 2 is 1.45 bits per heavy atom. The van der Waals surface area contributed by atoms with Crippen LogP contribution in [0.3, 0.4) is 0 Å². The highest BCUT2D eigenvalue weighted by molar-refractivity contribution is 8.18. The number of carboxylic acids is 1. The molecule has 0 aromatic heterocycles. The van der Waals surface area contributed by atoms with Gasteiger partial charge in [-0.2, -0.15) is 25.3 Å². The average molecular weight is 1220 g/mol. The van der Waals surface area contributed by atoms with Crippen LogP contribution in [0.15, 0.2) is 40.1 Å². The van der Waals surface area contributed by atoms with Crippen molar-refractivity contribution in [1.82, 2.24) is 40.3 Å². The Hall–Kier alpha value is -4.50. The maximum absolute atomic E-state index is 14.8. The van der Waals surface area contributed by atoms with Crippen LogP contribution >= 0.6 is 49.0 Å². The number of benzene rings is 1. The number of aliphatic carboxylic acids is 1. The molecule has 0 bridgehead atoms. The number of carbonyl (C=O) groups is 10. The minimum Gasteiger partial charge on any atom is -0.480 e. The fourth-order valence-corrected chi connectivity index (χ4v) is 13.4. The lowest BCUT2D eigenvalue weighted by Crippen LogP contribution is -2.60. The molecule has 2 aliphatic rings. The lowest BCUT2D eigenvalue weighted by atomic mass is 9.89. The minimum atomic E-state index is -1.18. The maximum Gasteiger partial charge on any atom is 0.326 e. The Labute approximate surface area is 504 Å². The predicted molar refractivity (Wildman–Crippen MR) is 325 cm³/mol. The van der Waals surface area contributed by atoms with Crippen LogP contribution in [0, 0.1) is 23.7 Å². The number of likely N-dealkylation sites (tertiary alicyclic amines) is 1. The van der Waals surface area contributed by atoms with E-state index in [-0.39, 0.29) is 76.6 Å². The zero-order valence-corrected chi connectivity index (χ0v) is 53.4. The summed E-state index contributed by atoms with van der Waals surface area (Å²) >= 11 is 9.87. The van der Waals surface area contributed by atoms with Gasteiger partial charge in [0, 0.05) is 65.8 Å². The topological polar surface area (TPSA) is 270 Å². The highest BCUT2D eigenvalue weighted by atomic mass is 32.2. The molecule has 82 heavy (non-hydrogen) atoms. The first-order valence-corrected chi connectivity index (χ1v) is 31.0. The SMILES string of the molecule is CC[C@@H](C)[C@@H]([C@@H](CC(=O)N1CCC[C@H]1[C@H](OC)[C@@H](C)C(=O)N[C@@H](Cc1ccccc1)C(=O)O)OC)N(C)C(=O)[C@@H](NC(=O)[C@H](C(C)C)N(C)C(=O)CCCCCN1C(=O)C(SN[C@@H](CS)C(C)=O)=C(SC(=O)[C@H](CS)NC)C1=O)C(C)C. The molecule has 1 aromatic carbocycles. The number of ether oxygens (including phenoxy) is 2. The number of carboxylic acid groups (broad SMARTS) is 1. The van der Waals surface area contributed by atoms with Gasteiger partial charge in [0.05, 0.1) is 48.7 Å². The van der Waals surface area contributed by atoms with Gasteiger partial charge in [-0.05, 0) is 86.7 Å². The molecule has 0 aliphatic carbocycles. The number of nitrogens with zero attached hydrogens (tertiary/aromatic N) is 4. The van der Waals surface area contributed by atoms with E-state index < -0.39 is 107 Å². The Kier molecular flexibility index (Phi) is 30.7. The van der Waals surface area contributed by atoms with Gasteiger partial charge in [-0.1, -0.05) is 91.6 Å². The van der Waals surface area contributed by atoms with Crippen molar-refractivity contribution in [3.63, 3.8) is 0 Å². The van der Waals surface area contributed by atoms with Crippen molar-refractivity contribution in [1.29, 1.82) is 0 Å². The number of thiol groups is 2. The highest BCUT2D eigenvalue weighted by Gasteiger charge is 2.45. The summed E-state index contributed by atoms with van der Waals surface area (Å²) < 4.78 is 14.9. The summed E-state index contributed by atoms with van der Waals surface area (Å²) in [6, 6.07) is 3.28. The molecule has 25 heteroatoms. The van der Waals surface area contributed by atoms with Crippen LogP contribution < -0.4 is 20.7 Å². The number of nitrogens with one attached hydrogen (secondary N) is 4. The van der Waals surface area contributed by atoms with E-state index in [2.05, 4.69) is 45.9 Å². The van der Waals surface area contributed by atoms with E-state index in [9.17, 15) is 53.1 Å². The second-order valence-corrected chi connectivity index (χ2v) is 24.4. The first kappa shape index (κ1) is 71.8. The predicted octanol–water partition coefficient (Wildman–Crippen LogP) is 4.39. The lowest BCUT2D eigenvalue weighted by molar-refractivity contribution is -0.149. The number of likely N-dealkylation sites (N-methyl/N-ethyl adjacent to an activating group) is 3. The second kappa shape index (κ2) is 35.1. The lowest BCUT2D eigenvalue weighted by Gasteiger charge is -2.41. The van der Waals surface area contributed by atoms with Crippen LogP contribution in [-0.2, 0) is 63.8 Å². The number of Topliss-reactive ketones (excluding diaryl/α,β-unsaturated/α-hetero) is 1. The molecule has 7 amide bonds. The molecule has 0 radical (unpaired) electrons. The summed E-state index contributed by atoms with van der Waals surface area (Å²) in [6.45, 7) is 14.6. The van der Waals surface area contributed by atoms with Crippen molar-refractivity contribution < 1.29 is 62.5 Å². The Morgan fingerprint density at radius 1 is 0.817 bits per heavy atom. The standard InChI is InChI=1S/C57H90N8O13S4/c1-14-34(6)47(42(77-12)29-44(68)64-27-21-24-41(64)48(78-13)35(7)51(69)59-38(56(74)75)28-37-22-17-15-18-23-37)63(11)53(71)45(32(2)3)60-52(70)46(33(4)5)62(10)43(67)25-19-16-20-26-65-54(72)49(81-57(76)40(31-80)58-9)50(55(65)73)82-61-39(30-79)36(8)66/h15,17-18,22-23,32-35,38-42,45-48,58,61,79-80H,14,16,19-21,24-31H2,1-13H3,(H,59,69)(H,60,70)(H,74,75)/t34-,35-,38+,39+,40+,41+,42-,45+,46+,47+,48-/m1/s1. The van der Waals surface area contributed by atoms with Crippen molar-refractivity contribution >= 4 is 107 Å². The van der Waals surface area contributed by atoms with Crippen LogP contribution in [0.2, 0.25) is 0 Å². The first-order chi connectivity index (χ1) is 38.8. The number of rotatable bonds is 36. The summed E-state index contributed by atoms with van der Waals surface area (Å²) in [5.41, 5.74) is 0.749. The summed E-state index contributed by atoms with van der Waals surface area (Å²) in [4.78, 5) is 141. The summed E-state index contributed by atoms with van der Waals surface area (Å²) in [7, 11) is 7.71. The summed E-state index contributed by atoms with van der Waals surface area (Å²) in [5.74, 6) is -6.17. The number of hydrogen-bond acceptors (Lipinski definition) is 18. The summed E-state index contributed by atoms with van der Waals surface area (Å²) in [5, 5.41) is 18.1. The van der Waals surface area contributed by atoms with E-state index in [0.717, 1.165) is 22.4 Å². The molecule has 21 nitrogen and oxygen atoms in total. The van der Waals surface area contributed by atoms with Gasteiger partial charge in [0.15, 0.2) is 0 Å². The molecule has 0 spiro atoms. The van der Waals surface area contributed by atoms with Gasteiger partial charge in [-0.25, -0.2) is 9.52 Å². The minimum absolute atomic E-state index is 0.00801. The van der Waals surface area contributed by atoms with Gasteiger partial charge < -0.3 is 45.2 Å². The third-order valence-corrected chi connectivity index (χ3v) is 18.4. The van der Waals surface area contributed by atoms with Crippen LogP contribution in [-0.4, -0.2) is 197 Å². The first-order valence-electron chi connectivity index (χ1n) is 28.2. The molecule has 1 aromatic rings. The van der Waals surface area contributed by atoms with Gasteiger partial charge in [0.2, 0.25) is 34.7 Å². The van der Waals surface area contributed by atoms with Crippen LogP contribution in [0.5, 0.6) is 0 Å². The number of imide groups is 1. The molecule has 2 heterocycles. The zero-order valence-electron chi connectivity index (χ0n) is 49.9. The van der Waals surface area contributed by atoms with Gasteiger partial charge in [-0.15, -0.1) is 0 Å². The van der Waals surface area contributed by atoms with Crippen LogP contribution in [0.4, 0.5) is 0 Å². The fourth-order valence-electron chi connectivity index (χ4n) is 10.4. The monoisotopic (exact) mass is 1220 g/mol. The smallest absolute Gasteiger partial charge is 0.326 e. The third kappa shape index (κ3) is 19.5. The van der Waals surface area contributed by atoms with Crippen LogP contribution in [0.25, 0.3) is 0 Å². The van der Waals surface area contributed by atoms with E-state index in [1.165, 1.54) is 26.0 Å². The molecule has 3 rings (SSSR count). The summed E-state index contributed by atoms with van der Waals surface area (Å²) in [6.07, 6.45) is 1.40. The maximum atomic E-state index is 14.8. The van der Waals surface area contributed by atoms with Crippen molar-refractivity contribution in [2.75, 3.05) is 60.0 Å². The Balaban J connectivity index is 1.70. The van der Waals surface area contributed by atoms with Crippen molar-refractivity contribution in [2.45, 2.75) is 168 Å². The molecule has 1 saturated heterocycles. The number of unbranched alkanes of at least 4 members (excludes halogenated alkanes) is 2. The molecular weight excluding hydrogens is 1130 g/mol.